The lowest BCUT2D eigenvalue weighted by Gasteiger charge is -2.32. The van der Waals surface area contributed by atoms with Gasteiger partial charge in [-0.05, 0) is 12.8 Å². The third-order valence-electron chi connectivity index (χ3n) is 3.34. The average molecular weight is 288 g/mol. The molecule has 1 unspecified atom stereocenters. The van der Waals surface area contributed by atoms with Crippen LogP contribution in [0.2, 0.25) is 0 Å². The predicted octanol–water partition coefficient (Wildman–Crippen LogP) is 0.138. The Bertz CT molecular complexity index is 574. The highest BCUT2D eigenvalue weighted by Gasteiger charge is 2.25. The summed E-state index contributed by atoms with van der Waals surface area (Å²) in [6.07, 6.45) is 7.84. The molecule has 0 N–H and O–H groups in total. The van der Waals surface area contributed by atoms with Crippen molar-refractivity contribution in [2.24, 2.45) is 0 Å². The predicted molar refractivity (Wildman–Crippen MR) is 72.3 cm³/mol. The van der Waals surface area contributed by atoms with Crippen LogP contribution in [0.25, 0.3) is 0 Å². The highest BCUT2D eigenvalue weighted by molar-refractivity contribution is 5.76. The largest absolute Gasteiger partial charge is 0.472 e. The zero-order chi connectivity index (χ0) is 14.5. The minimum Gasteiger partial charge on any atom is -0.472 e. The van der Waals surface area contributed by atoms with Crippen LogP contribution in [0.15, 0.2) is 31.2 Å². The van der Waals surface area contributed by atoms with E-state index in [-0.39, 0.29) is 18.6 Å². The van der Waals surface area contributed by atoms with Crippen LogP contribution in [-0.2, 0) is 11.3 Å². The maximum atomic E-state index is 12.2. The van der Waals surface area contributed by atoms with Gasteiger partial charge in [-0.1, -0.05) is 0 Å². The average Bonchev–Trinajstić information content (AvgIpc) is 3.01. The lowest BCUT2D eigenvalue weighted by atomic mass is 10.1. The molecule has 21 heavy (non-hydrogen) atoms. The Kier molecular flexibility index (Phi) is 4.04. The first-order valence-corrected chi connectivity index (χ1v) is 6.84. The van der Waals surface area contributed by atoms with Gasteiger partial charge in [0, 0.05) is 18.8 Å². The molecule has 1 atom stereocenters. The molecule has 1 saturated heterocycles. The van der Waals surface area contributed by atoms with Gasteiger partial charge >= 0.3 is 0 Å². The van der Waals surface area contributed by atoms with E-state index in [9.17, 15) is 4.79 Å². The maximum absolute atomic E-state index is 12.2. The summed E-state index contributed by atoms with van der Waals surface area (Å²) in [5.74, 6) is 0.567. The van der Waals surface area contributed by atoms with Crippen molar-refractivity contribution >= 4 is 5.91 Å². The Morgan fingerprint density at radius 1 is 1.38 bits per heavy atom. The summed E-state index contributed by atoms with van der Waals surface area (Å²) in [6, 6.07) is 1.72. The first-order chi connectivity index (χ1) is 10.3. The number of hydrogen-bond donors (Lipinski definition) is 0. The van der Waals surface area contributed by atoms with Crippen molar-refractivity contribution in [3.8, 4) is 5.88 Å². The molecule has 0 saturated carbocycles. The summed E-state index contributed by atoms with van der Waals surface area (Å²) in [5.41, 5.74) is 0. The number of ether oxygens (including phenoxy) is 1. The second-order valence-corrected chi connectivity index (χ2v) is 4.86. The molecule has 1 amide bonds. The molecule has 1 fully saturated rings. The first kappa shape index (κ1) is 13.5. The van der Waals surface area contributed by atoms with Gasteiger partial charge in [0.2, 0.25) is 11.8 Å². The van der Waals surface area contributed by atoms with Crippen molar-refractivity contribution in [2.45, 2.75) is 25.5 Å². The van der Waals surface area contributed by atoms with E-state index in [1.54, 1.807) is 17.2 Å². The van der Waals surface area contributed by atoms with E-state index in [2.05, 4.69) is 20.1 Å². The van der Waals surface area contributed by atoms with Crippen LogP contribution in [0.3, 0.4) is 0 Å². The Balaban J connectivity index is 1.56. The third-order valence-corrected chi connectivity index (χ3v) is 3.34. The highest BCUT2D eigenvalue weighted by atomic mass is 16.5. The fourth-order valence-corrected chi connectivity index (χ4v) is 2.33. The van der Waals surface area contributed by atoms with Gasteiger partial charge in [0.15, 0.2) is 0 Å². The standard InChI is InChI=1S/C13H16N6O2/c20-13(7-19-10-15-9-17-19)18-5-1-2-11(6-18)21-12-3-4-14-8-16-12/h3-4,8-11H,1-2,5-7H2. The van der Waals surface area contributed by atoms with E-state index in [1.165, 1.54) is 23.7 Å². The van der Waals surface area contributed by atoms with Crippen molar-refractivity contribution in [2.75, 3.05) is 13.1 Å². The molecule has 0 bridgehead atoms. The maximum Gasteiger partial charge on any atom is 0.244 e. The van der Waals surface area contributed by atoms with E-state index in [0.717, 1.165) is 19.4 Å². The molecule has 0 spiro atoms. The summed E-state index contributed by atoms with van der Waals surface area (Å²) >= 11 is 0. The van der Waals surface area contributed by atoms with Crippen LogP contribution in [0, 0.1) is 0 Å². The summed E-state index contributed by atoms with van der Waals surface area (Å²) in [4.78, 5) is 25.8. The second-order valence-electron chi connectivity index (χ2n) is 4.86. The van der Waals surface area contributed by atoms with Crippen LogP contribution in [0.5, 0.6) is 5.88 Å². The molecule has 2 aromatic heterocycles. The molecule has 1 aliphatic heterocycles. The number of likely N-dealkylation sites (tertiary alicyclic amines) is 1. The monoisotopic (exact) mass is 288 g/mol. The lowest BCUT2D eigenvalue weighted by molar-refractivity contribution is -0.134. The number of nitrogens with zero attached hydrogens (tertiary/aromatic N) is 6. The van der Waals surface area contributed by atoms with Gasteiger partial charge in [-0.25, -0.2) is 19.6 Å². The van der Waals surface area contributed by atoms with Crippen LogP contribution in [0.4, 0.5) is 0 Å². The molecule has 3 heterocycles. The molecule has 110 valence electrons. The normalized spacial score (nSPS) is 18.5. The number of aromatic nitrogens is 5. The molecular formula is C13H16N6O2. The fraction of sp³-hybridized carbons (Fsp3) is 0.462. The van der Waals surface area contributed by atoms with Gasteiger partial charge < -0.3 is 9.64 Å². The van der Waals surface area contributed by atoms with E-state index in [0.29, 0.717) is 12.4 Å². The Labute approximate surface area is 121 Å². The van der Waals surface area contributed by atoms with Crippen molar-refractivity contribution in [3.63, 3.8) is 0 Å². The van der Waals surface area contributed by atoms with Crippen molar-refractivity contribution in [3.05, 3.63) is 31.2 Å². The molecular weight excluding hydrogens is 272 g/mol. The number of amides is 1. The van der Waals surface area contributed by atoms with Gasteiger partial charge in [0.25, 0.3) is 0 Å². The van der Waals surface area contributed by atoms with Crippen LogP contribution < -0.4 is 4.74 Å². The summed E-state index contributed by atoms with van der Waals surface area (Å²) < 4.78 is 7.32. The van der Waals surface area contributed by atoms with E-state index < -0.39 is 0 Å². The van der Waals surface area contributed by atoms with Crippen molar-refractivity contribution in [1.82, 2.24) is 29.6 Å². The number of carbonyl (C=O) groups excluding carboxylic acids is 1. The molecule has 0 aliphatic carbocycles. The SMILES string of the molecule is O=C(Cn1cncn1)N1CCCC(Oc2ccncn2)C1. The number of piperidine rings is 1. The highest BCUT2D eigenvalue weighted by Crippen LogP contribution is 2.16. The molecule has 3 rings (SSSR count). The van der Waals surface area contributed by atoms with Gasteiger partial charge in [0.1, 0.15) is 31.6 Å². The lowest BCUT2D eigenvalue weighted by Crippen LogP contribution is -2.45. The molecule has 8 heteroatoms. The molecule has 1 aliphatic rings. The van der Waals surface area contributed by atoms with E-state index in [1.807, 2.05) is 0 Å². The Hall–Kier alpha value is -2.51. The number of rotatable bonds is 4. The Morgan fingerprint density at radius 3 is 3.10 bits per heavy atom. The van der Waals surface area contributed by atoms with Crippen LogP contribution >= 0.6 is 0 Å². The number of carbonyl (C=O) groups is 1. The summed E-state index contributed by atoms with van der Waals surface area (Å²) in [7, 11) is 0. The minimum atomic E-state index is -0.0339. The van der Waals surface area contributed by atoms with E-state index >= 15 is 0 Å². The second kappa shape index (κ2) is 6.29. The zero-order valence-corrected chi connectivity index (χ0v) is 11.5. The smallest absolute Gasteiger partial charge is 0.244 e. The third kappa shape index (κ3) is 3.53. The van der Waals surface area contributed by atoms with Crippen molar-refractivity contribution in [1.29, 1.82) is 0 Å². The zero-order valence-electron chi connectivity index (χ0n) is 11.5. The van der Waals surface area contributed by atoms with Gasteiger partial charge in [0.05, 0.1) is 6.54 Å². The molecule has 2 aromatic rings. The molecule has 0 aromatic carbocycles. The van der Waals surface area contributed by atoms with Crippen molar-refractivity contribution < 1.29 is 9.53 Å². The van der Waals surface area contributed by atoms with Gasteiger partial charge in [-0.2, -0.15) is 5.10 Å². The van der Waals surface area contributed by atoms with E-state index in [4.69, 9.17) is 4.74 Å². The van der Waals surface area contributed by atoms with Crippen LogP contribution in [0.1, 0.15) is 12.8 Å². The topological polar surface area (TPSA) is 86.0 Å². The van der Waals surface area contributed by atoms with Gasteiger partial charge in [-0.3, -0.25) is 4.79 Å². The van der Waals surface area contributed by atoms with Gasteiger partial charge in [-0.15, -0.1) is 0 Å². The Morgan fingerprint density at radius 2 is 2.33 bits per heavy atom. The minimum absolute atomic E-state index is 0.0245. The molecule has 8 nitrogen and oxygen atoms in total. The number of hydrogen-bond acceptors (Lipinski definition) is 6. The summed E-state index contributed by atoms with van der Waals surface area (Å²) in [5, 5.41) is 3.95. The van der Waals surface area contributed by atoms with Crippen LogP contribution in [-0.4, -0.2) is 54.7 Å². The summed E-state index contributed by atoms with van der Waals surface area (Å²) in [6.45, 7) is 1.52. The molecule has 0 radical (unpaired) electrons. The first-order valence-electron chi connectivity index (χ1n) is 6.84. The fourth-order valence-electron chi connectivity index (χ4n) is 2.33. The quantitative estimate of drug-likeness (QED) is 0.795.